The Labute approximate surface area is 232 Å². The molecule has 1 aromatic heterocycles. The average Bonchev–Trinajstić information content (AvgIpc) is 3.46. The van der Waals surface area contributed by atoms with Gasteiger partial charge in [0.2, 0.25) is 15.9 Å². The highest BCUT2D eigenvalue weighted by Gasteiger charge is 2.34. The Morgan fingerprint density at radius 3 is 2.59 bits per heavy atom. The monoisotopic (exact) mass is 570 g/mol. The summed E-state index contributed by atoms with van der Waals surface area (Å²) in [7, 11) is -3.94. The van der Waals surface area contributed by atoms with Crippen LogP contribution in [0.15, 0.2) is 75.2 Å². The van der Waals surface area contributed by atoms with Gasteiger partial charge >= 0.3 is 0 Å². The van der Waals surface area contributed by atoms with E-state index < -0.39 is 22.2 Å². The maximum absolute atomic E-state index is 13.8. The van der Waals surface area contributed by atoms with Gasteiger partial charge in [-0.1, -0.05) is 50.3 Å². The van der Waals surface area contributed by atoms with Crippen LogP contribution in [0.5, 0.6) is 0 Å². The average molecular weight is 571 g/mol. The molecule has 1 aliphatic carbocycles. The fourth-order valence-electron chi connectivity index (χ4n) is 4.52. The molecule has 2 aromatic rings. The number of benzene rings is 1. The lowest BCUT2D eigenvalue weighted by atomic mass is 10.0. The zero-order chi connectivity index (χ0) is 28.2. The van der Waals surface area contributed by atoms with E-state index in [1.54, 1.807) is 23.6 Å². The second kappa shape index (κ2) is 12.2. The summed E-state index contributed by atoms with van der Waals surface area (Å²) in [6.45, 7) is 3.83. The number of nitrogens with two attached hydrogens (primary N) is 2. The van der Waals surface area contributed by atoms with Crippen LogP contribution in [0.4, 0.5) is 5.13 Å². The van der Waals surface area contributed by atoms with Gasteiger partial charge in [0.25, 0.3) is 0 Å². The molecule has 2 aliphatic rings. The van der Waals surface area contributed by atoms with Gasteiger partial charge < -0.3 is 21.9 Å². The van der Waals surface area contributed by atoms with E-state index in [1.807, 2.05) is 44.2 Å². The first-order valence-electron chi connectivity index (χ1n) is 12.7. The molecule has 6 N–H and O–H groups in total. The molecule has 1 aromatic carbocycles. The fraction of sp³-hybridized carbons (Fsp3) is 0.370. The highest BCUT2D eigenvalue weighted by molar-refractivity contribution is 7.93. The number of amides is 1. The number of carbonyl (C=O) groups excluding carboxylic acids is 1. The van der Waals surface area contributed by atoms with Gasteiger partial charge in [0, 0.05) is 30.5 Å². The summed E-state index contributed by atoms with van der Waals surface area (Å²) in [6.07, 6.45) is 4.24. The minimum Gasteiger partial charge on any atom is -0.390 e. The summed E-state index contributed by atoms with van der Waals surface area (Å²) < 4.78 is 28.9. The maximum atomic E-state index is 13.8. The normalized spacial score (nSPS) is 16.7. The van der Waals surface area contributed by atoms with Crippen molar-refractivity contribution < 1.29 is 18.3 Å². The number of aliphatic imine (C=N–C) groups is 1. The molecular formula is C27H34N6O4S2. The number of rotatable bonds is 12. The van der Waals surface area contributed by atoms with Crippen LogP contribution < -0.4 is 16.8 Å². The second-order valence-corrected chi connectivity index (χ2v) is 12.9. The van der Waals surface area contributed by atoms with E-state index in [2.05, 4.69) is 15.3 Å². The SMILES string of the molecule is CC(C)CN(CC(O)C(Cc1ccccc1)NC(=O)Cc1csc(N)n1)S(=O)(=O)C1=CC=C2C=C(N)N=C2C1. The second-order valence-electron chi connectivity index (χ2n) is 10.1. The molecule has 0 fully saturated rings. The van der Waals surface area contributed by atoms with E-state index in [1.165, 1.54) is 15.6 Å². The van der Waals surface area contributed by atoms with Crippen molar-refractivity contribution >= 4 is 38.1 Å². The predicted molar refractivity (Wildman–Crippen MR) is 154 cm³/mol. The summed E-state index contributed by atoms with van der Waals surface area (Å²) in [5.74, 6) is 0.00816. The van der Waals surface area contributed by atoms with Crippen molar-refractivity contribution in [2.75, 3.05) is 18.8 Å². The zero-order valence-corrected chi connectivity index (χ0v) is 23.6. The van der Waals surface area contributed by atoms with Gasteiger partial charge in [-0.15, -0.1) is 11.3 Å². The number of hydrogen-bond donors (Lipinski definition) is 4. The van der Waals surface area contributed by atoms with Crippen molar-refractivity contribution in [2.45, 2.75) is 45.3 Å². The summed E-state index contributed by atoms with van der Waals surface area (Å²) in [5.41, 5.74) is 14.3. The number of aromatic nitrogens is 1. The minimum atomic E-state index is -3.94. The van der Waals surface area contributed by atoms with Crippen LogP contribution >= 0.6 is 11.3 Å². The number of nitrogens with one attached hydrogen (secondary N) is 1. The molecule has 0 radical (unpaired) electrons. The van der Waals surface area contributed by atoms with Crippen LogP contribution in [0.25, 0.3) is 0 Å². The molecule has 0 saturated carbocycles. The van der Waals surface area contributed by atoms with Gasteiger partial charge in [0.15, 0.2) is 5.13 Å². The van der Waals surface area contributed by atoms with Crippen LogP contribution in [-0.4, -0.2) is 59.7 Å². The van der Waals surface area contributed by atoms with Crippen LogP contribution in [0.2, 0.25) is 0 Å². The van der Waals surface area contributed by atoms with Gasteiger partial charge in [-0.2, -0.15) is 4.31 Å². The first-order valence-corrected chi connectivity index (χ1v) is 15.0. The molecule has 2 atom stereocenters. The van der Waals surface area contributed by atoms with Crippen molar-refractivity contribution in [1.29, 1.82) is 0 Å². The van der Waals surface area contributed by atoms with Crippen molar-refractivity contribution in [1.82, 2.24) is 14.6 Å². The summed E-state index contributed by atoms with van der Waals surface area (Å²) >= 11 is 1.25. The maximum Gasteiger partial charge on any atom is 0.239 e. The summed E-state index contributed by atoms with van der Waals surface area (Å²) in [4.78, 5) is 21.5. The van der Waals surface area contributed by atoms with E-state index in [9.17, 15) is 18.3 Å². The van der Waals surface area contributed by atoms with Crippen molar-refractivity contribution in [2.24, 2.45) is 16.6 Å². The number of nitrogen functional groups attached to an aromatic ring is 1. The molecule has 0 spiro atoms. The molecule has 1 aliphatic heterocycles. The molecule has 1 amide bonds. The molecule has 4 rings (SSSR count). The number of sulfonamides is 1. The third-order valence-corrected chi connectivity index (χ3v) is 8.99. The Morgan fingerprint density at radius 2 is 1.92 bits per heavy atom. The van der Waals surface area contributed by atoms with Crippen LogP contribution in [0.1, 0.15) is 31.5 Å². The topological polar surface area (TPSA) is 164 Å². The molecule has 39 heavy (non-hydrogen) atoms. The number of allylic oxidation sites excluding steroid dienone is 5. The Balaban J connectivity index is 1.54. The Morgan fingerprint density at radius 1 is 1.18 bits per heavy atom. The van der Waals surface area contributed by atoms with Crippen LogP contribution in [0, 0.1) is 5.92 Å². The van der Waals surface area contributed by atoms with Crippen LogP contribution in [0.3, 0.4) is 0 Å². The number of aliphatic hydroxyl groups excluding tert-OH is 1. The minimum absolute atomic E-state index is 0.000544. The molecular weight excluding hydrogens is 536 g/mol. The lowest BCUT2D eigenvalue weighted by Gasteiger charge is -2.31. The highest BCUT2D eigenvalue weighted by atomic mass is 32.2. The van der Waals surface area contributed by atoms with Crippen molar-refractivity contribution in [3.63, 3.8) is 0 Å². The number of carbonyl (C=O) groups is 1. The lowest BCUT2D eigenvalue weighted by Crippen LogP contribution is -2.51. The predicted octanol–water partition coefficient (Wildman–Crippen LogP) is 2.11. The van der Waals surface area contributed by atoms with Gasteiger partial charge in [-0.05, 0) is 30.1 Å². The molecule has 208 valence electrons. The fourth-order valence-corrected chi connectivity index (χ4v) is 6.82. The van der Waals surface area contributed by atoms with Gasteiger partial charge in [0.1, 0.15) is 5.82 Å². The largest absolute Gasteiger partial charge is 0.390 e. The number of thiazole rings is 1. The third-order valence-electron chi connectivity index (χ3n) is 6.34. The first-order chi connectivity index (χ1) is 18.5. The van der Waals surface area contributed by atoms with Crippen molar-refractivity contribution in [3.8, 4) is 0 Å². The zero-order valence-electron chi connectivity index (χ0n) is 21.9. The molecule has 0 saturated heterocycles. The van der Waals surface area contributed by atoms with Gasteiger partial charge in [-0.3, -0.25) is 4.79 Å². The van der Waals surface area contributed by atoms with E-state index in [-0.39, 0.29) is 42.7 Å². The molecule has 0 bridgehead atoms. The number of hydrogen-bond acceptors (Lipinski definition) is 9. The Hall–Kier alpha value is -3.32. The van der Waals surface area contributed by atoms with E-state index in [0.29, 0.717) is 28.8 Å². The lowest BCUT2D eigenvalue weighted by molar-refractivity contribution is -0.122. The number of anilines is 1. The van der Waals surface area contributed by atoms with Crippen molar-refractivity contribution in [3.05, 3.63) is 81.5 Å². The highest BCUT2D eigenvalue weighted by Crippen LogP contribution is 2.29. The number of nitrogens with zero attached hydrogens (tertiary/aromatic N) is 3. The molecule has 2 heterocycles. The summed E-state index contributed by atoms with van der Waals surface area (Å²) in [6, 6.07) is 8.68. The Bertz CT molecular complexity index is 1430. The number of fused-ring (bicyclic) bond motifs is 1. The standard InChI is InChI=1S/C27H34N6O4S2/c1-17(2)14-33(39(36,37)21-9-8-19-11-25(28)31-22(19)13-21)15-24(34)23(10-18-6-4-3-5-7-18)32-26(35)12-20-16-38-27(29)30-20/h3-9,11,16-17,23-24,34H,10,12-15,28H2,1-2H3,(H2,29,30)(H,32,35). The van der Waals surface area contributed by atoms with Gasteiger partial charge in [-0.25, -0.2) is 18.4 Å². The first kappa shape index (κ1) is 28.7. The molecule has 12 heteroatoms. The third kappa shape index (κ3) is 7.41. The van der Waals surface area contributed by atoms with E-state index in [4.69, 9.17) is 11.5 Å². The smallest absolute Gasteiger partial charge is 0.239 e. The molecule has 10 nitrogen and oxygen atoms in total. The van der Waals surface area contributed by atoms with Crippen LogP contribution in [-0.2, 0) is 27.7 Å². The van der Waals surface area contributed by atoms with E-state index >= 15 is 0 Å². The quantitative estimate of drug-likeness (QED) is 0.303. The summed E-state index contributed by atoms with van der Waals surface area (Å²) in [5, 5.41) is 16.4. The molecule has 2 unspecified atom stereocenters. The Kier molecular flexibility index (Phi) is 9.01. The number of aliphatic hydroxyl groups is 1. The van der Waals surface area contributed by atoms with Gasteiger partial charge in [0.05, 0.1) is 34.9 Å². The van der Waals surface area contributed by atoms with E-state index in [0.717, 1.165) is 11.1 Å².